The molecule has 0 unspecified atom stereocenters. The lowest BCUT2D eigenvalue weighted by molar-refractivity contribution is -0.115. The maximum atomic E-state index is 12.3. The first-order valence-corrected chi connectivity index (χ1v) is 10.6. The maximum absolute atomic E-state index is 12.3. The van der Waals surface area contributed by atoms with Crippen LogP contribution in [0.1, 0.15) is 17.0 Å². The summed E-state index contributed by atoms with van der Waals surface area (Å²) in [5.41, 5.74) is 4.46. The first-order valence-electron chi connectivity index (χ1n) is 9.45. The molecule has 0 atom stereocenters. The van der Waals surface area contributed by atoms with E-state index in [1.54, 1.807) is 10.7 Å². The summed E-state index contributed by atoms with van der Waals surface area (Å²) < 4.78 is 2.39. The molecule has 0 aliphatic heterocycles. The molecule has 1 aromatic carbocycles. The number of anilines is 1. The molecule has 7 nitrogen and oxygen atoms in total. The lowest BCUT2D eigenvalue weighted by Crippen LogP contribution is -2.14. The van der Waals surface area contributed by atoms with Gasteiger partial charge in [0.15, 0.2) is 0 Å². The second-order valence-corrected chi connectivity index (χ2v) is 8.22. The molecular formula is C22H18BrClN6O. The zero-order valence-corrected chi connectivity index (χ0v) is 18.9. The highest BCUT2D eigenvalue weighted by molar-refractivity contribution is 9.10. The van der Waals surface area contributed by atoms with Gasteiger partial charge in [-0.2, -0.15) is 5.10 Å². The van der Waals surface area contributed by atoms with E-state index in [1.807, 2.05) is 56.1 Å². The Kier molecular flexibility index (Phi) is 6.39. The van der Waals surface area contributed by atoms with Gasteiger partial charge in [-0.25, -0.2) is 15.0 Å². The van der Waals surface area contributed by atoms with Crippen LogP contribution in [0.2, 0.25) is 5.15 Å². The number of nitrogens with zero attached hydrogens (tertiary/aromatic N) is 5. The molecule has 3 aromatic heterocycles. The van der Waals surface area contributed by atoms with Gasteiger partial charge in [-0.05, 0) is 38.7 Å². The van der Waals surface area contributed by atoms with Crippen LogP contribution in [0.3, 0.4) is 0 Å². The quantitative estimate of drug-likeness (QED) is 0.398. The van der Waals surface area contributed by atoms with Crippen molar-refractivity contribution in [1.29, 1.82) is 0 Å². The predicted molar refractivity (Wildman–Crippen MR) is 123 cm³/mol. The molecule has 1 amide bonds. The van der Waals surface area contributed by atoms with E-state index in [0.717, 1.165) is 28.1 Å². The van der Waals surface area contributed by atoms with Gasteiger partial charge in [0.1, 0.15) is 11.0 Å². The number of carbonyl (C=O) groups excluding carboxylic acids is 1. The van der Waals surface area contributed by atoms with E-state index in [9.17, 15) is 4.79 Å². The van der Waals surface area contributed by atoms with E-state index >= 15 is 0 Å². The Balaban J connectivity index is 1.37. The third-order valence-corrected chi connectivity index (χ3v) is 5.69. The molecule has 0 saturated carbocycles. The molecule has 1 N–H and O–H groups in total. The fourth-order valence-electron chi connectivity index (χ4n) is 3.04. The van der Waals surface area contributed by atoms with E-state index in [4.69, 9.17) is 11.6 Å². The van der Waals surface area contributed by atoms with Gasteiger partial charge in [0, 0.05) is 37.6 Å². The summed E-state index contributed by atoms with van der Waals surface area (Å²) in [5.74, 6) is 0.611. The average molecular weight is 498 g/mol. The minimum Gasteiger partial charge on any atom is -0.324 e. The number of benzene rings is 1. The van der Waals surface area contributed by atoms with Crippen LogP contribution < -0.4 is 5.32 Å². The number of amides is 1. The molecule has 0 saturated heterocycles. The maximum Gasteiger partial charge on any atom is 0.228 e. The second kappa shape index (κ2) is 9.36. The van der Waals surface area contributed by atoms with Crippen LogP contribution in [0, 0.1) is 0 Å². The van der Waals surface area contributed by atoms with Crippen LogP contribution in [0.5, 0.6) is 0 Å². The standard InChI is InChI=1S/C22H18BrClN6O/c1-30-13-15(9-28-30)6-20-25-10-17(11-26-20)16-4-2-14(3-5-16)7-21(31)29-18-8-19(23)22(24)27-12-18/h2-5,8-13H,6-7H2,1H3,(H,29,31). The highest BCUT2D eigenvalue weighted by Gasteiger charge is 2.08. The number of hydrogen-bond donors (Lipinski definition) is 1. The van der Waals surface area contributed by atoms with Gasteiger partial charge in [0.05, 0.1) is 29.0 Å². The number of aryl methyl sites for hydroxylation is 1. The predicted octanol–water partition coefficient (Wildman–Crippen LogP) is 4.46. The smallest absolute Gasteiger partial charge is 0.228 e. The zero-order chi connectivity index (χ0) is 21.8. The van der Waals surface area contributed by atoms with Crippen molar-refractivity contribution in [1.82, 2.24) is 24.7 Å². The van der Waals surface area contributed by atoms with Crippen LogP contribution in [-0.4, -0.2) is 30.6 Å². The lowest BCUT2D eigenvalue weighted by Gasteiger charge is -2.07. The third kappa shape index (κ3) is 5.53. The first kappa shape index (κ1) is 21.1. The monoisotopic (exact) mass is 496 g/mol. The lowest BCUT2D eigenvalue weighted by atomic mass is 10.0. The molecule has 0 aliphatic carbocycles. The van der Waals surface area contributed by atoms with Gasteiger partial charge in [-0.15, -0.1) is 0 Å². The average Bonchev–Trinajstić information content (AvgIpc) is 3.16. The summed E-state index contributed by atoms with van der Waals surface area (Å²) in [5, 5.41) is 7.33. The zero-order valence-electron chi connectivity index (χ0n) is 16.6. The van der Waals surface area contributed by atoms with Gasteiger partial charge in [0.25, 0.3) is 0 Å². The first-order chi connectivity index (χ1) is 15.0. The second-order valence-electron chi connectivity index (χ2n) is 7.01. The van der Waals surface area contributed by atoms with Crippen molar-refractivity contribution < 1.29 is 4.79 Å². The van der Waals surface area contributed by atoms with E-state index in [0.29, 0.717) is 21.7 Å². The minimum absolute atomic E-state index is 0.133. The largest absolute Gasteiger partial charge is 0.324 e. The Bertz CT molecular complexity index is 1210. The van der Waals surface area contributed by atoms with Gasteiger partial charge in [-0.3, -0.25) is 9.48 Å². The van der Waals surface area contributed by atoms with Crippen LogP contribution >= 0.6 is 27.5 Å². The van der Waals surface area contributed by atoms with E-state index in [-0.39, 0.29) is 12.3 Å². The van der Waals surface area contributed by atoms with Crippen molar-refractivity contribution >= 4 is 39.1 Å². The van der Waals surface area contributed by atoms with Crippen molar-refractivity contribution in [3.63, 3.8) is 0 Å². The highest BCUT2D eigenvalue weighted by Crippen LogP contribution is 2.23. The Morgan fingerprint density at radius 3 is 2.42 bits per heavy atom. The van der Waals surface area contributed by atoms with Crippen molar-refractivity contribution in [3.05, 3.63) is 87.9 Å². The summed E-state index contributed by atoms with van der Waals surface area (Å²) in [6.45, 7) is 0. The van der Waals surface area contributed by atoms with Gasteiger partial charge < -0.3 is 5.32 Å². The molecule has 9 heteroatoms. The minimum atomic E-state index is -0.133. The normalized spacial score (nSPS) is 10.8. The van der Waals surface area contributed by atoms with Crippen LogP contribution in [0.4, 0.5) is 5.69 Å². The summed E-state index contributed by atoms with van der Waals surface area (Å²) in [4.78, 5) is 25.2. The topological polar surface area (TPSA) is 85.6 Å². The molecule has 156 valence electrons. The number of nitrogens with one attached hydrogen (secondary N) is 1. The highest BCUT2D eigenvalue weighted by atomic mass is 79.9. The molecule has 0 bridgehead atoms. The van der Waals surface area contributed by atoms with Crippen molar-refractivity contribution in [2.75, 3.05) is 5.32 Å². The molecular weight excluding hydrogens is 480 g/mol. The van der Waals surface area contributed by atoms with Crippen LogP contribution in [0.15, 0.2) is 65.8 Å². The Morgan fingerprint density at radius 2 is 1.77 bits per heavy atom. The fraction of sp³-hybridized carbons (Fsp3) is 0.136. The molecule has 31 heavy (non-hydrogen) atoms. The van der Waals surface area contributed by atoms with Crippen LogP contribution in [0.25, 0.3) is 11.1 Å². The molecule has 3 heterocycles. The SMILES string of the molecule is Cn1cc(Cc2ncc(-c3ccc(CC(=O)Nc4cnc(Cl)c(Br)c4)cc3)cn2)cn1. The number of carbonyl (C=O) groups is 1. The number of halogens is 2. The molecule has 0 spiro atoms. The van der Waals surface area contributed by atoms with E-state index in [1.165, 1.54) is 6.20 Å². The van der Waals surface area contributed by atoms with Gasteiger partial charge in [-0.1, -0.05) is 35.9 Å². The fourth-order valence-corrected chi connectivity index (χ4v) is 3.49. The van der Waals surface area contributed by atoms with Gasteiger partial charge >= 0.3 is 0 Å². The molecule has 4 rings (SSSR count). The Morgan fingerprint density at radius 1 is 1.03 bits per heavy atom. The molecule has 4 aromatic rings. The van der Waals surface area contributed by atoms with E-state index < -0.39 is 0 Å². The van der Waals surface area contributed by atoms with E-state index in [2.05, 4.69) is 41.3 Å². The van der Waals surface area contributed by atoms with Crippen molar-refractivity contribution in [3.8, 4) is 11.1 Å². The molecule has 0 fully saturated rings. The summed E-state index contributed by atoms with van der Waals surface area (Å²) in [6.07, 6.45) is 9.80. The Hall–Kier alpha value is -3.10. The van der Waals surface area contributed by atoms with Crippen molar-refractivity contribution in [2.24, 2.45) is 7.05 Å². The molecule has 0 aliphatic rings. The summed E-state index contributed by atoms with van der Waals surface area (Å²) in [7, 11) is 1.88. The summed E-state index contributed by atoms with van der Waals surface area (Å²) in [6, 6.07) is 9.49. The number of pyridine rings is 1. The molecule has 0 radical (unpaired) electrons. The number of hydrogen-bond acceptors (Lipinski definition) is 5. The van der Waals surface area contributed by atoms with Crippen LogP contribution in [-0.2, 0) is 24.7 Å². The summed E-state index contributed by atoms with van der Waals surface area (Å²) >= 11 is 9.17. The van der Waals surface area contributed by atoms with Gasteiger partial charge in [0.2, 0.25) is 5.91 Å². The third-order valence-electron chi connectivity index (χ3n) is 4.56. The number of rotatable bonds is 6. The number of aromatic nitrogens is 5. The van der Waals surface area contributed by atoms with Crippen molar-refractivity contribution in [2.45, 2.75) is 12.8 Å². The Labute approximate surface area is 192 Å².